The Kier molecular flexibility index (Phi) is 4.97. The van der Waals surface area contributed by atoms with Crippen molar-refractivity contribution in [3.05, 3.63) is 47.2 Å². The van der Waals surface area contributed by atoms with Gasteiger partial charge in [-0.2, -0.15) is 0 Å². The summed E-state index contributed by atoms with van der Waals surface area (Å²) in [4.78, 5) is 27.0. The SMILES string of the molecule is CNC(=O)C1CCCCN1C(=O)c1cc(C)n(Cc2ccco2)c1C. The summed E-state index contributed by atoms with van der Waals surface area (Å²) in [6.07, 6.45) is 4.28. The van der Waals surface area contributed by atoms with Gasteiger partial charge in [-0.05, 0) is 51.3 Å². The molecule has 1 N–H and O–H groups in total. The number of likely N-dealkylation sites (N-methyl/N-ethyl adjacent to an activating group) is 1. The summed E-state index contributed by atoms with van der Waals surface area (Å²) in [6, 6.07) is 5.32. The Labute approximate surface area is 147 Å². The number of piperidine rings is 1. The van der Waals surface area contributed by atoms with Gasteiger partial charge in [-0.15, -0.1) is 0 Å². The van der Waals surface area contributed by atoms with E-state index in [0.29, 0.717) is 18.7 Å². The van der Waals surface area contributed by atoms with Crippen molar-refractivity contribution < 1.29 is 14.0 Å². The quantitative estimate of drug-likeness (QED) is 0.927. The third-order valence-electron chi connectivity index (χ3n) is 5.01. The van der Waals surface area contributed by atoms with Crippen LogP contribution in [-0.2, 0) is 11.3 Å². The molecule has 1 aliphatic rings. The van der Waals surface area contributed by atoms with Crippen molar-refractivity contribution in [2.45, 2.75) is 45.7 Å². The van der Waals surface area contributed by atoms with Gasteiger partial charge in [0.1, 0.15) is 11.8 Å². The number of aromatic nitrogens is 1. The standard InChI is InChI=1S/C19H25N3O3/c1-13-11-16(14(2)22(13)12-15-7-6-10-25-15)19(24)21-9-5-4-8-17(21)18(23)20-3/h6-7,10-11,17H,4-5,8-9,12H2,1-3H3,(H,20,23). The molecule has 134 valence electrons. The topological polar surface area (TPSA) is 67.5 Å². The highest BCUT2D eigenvalue weighted by atomic mass is 16.3. The Hall–Kier alpha value is -2.50. The van der Waals surface area contributed by atoms with Gasteiger partial charge in [0, 0.05) is 25.0 Å². The summed E-state index contributed by atoms with van der Waals surface area (Å²) in [5, 5.41) is 2.68. The Morgan fingerprint density at radius 3 is 2.80 bits per heavy atom. The average Bonchev–Trinajstić information content (AvgIpc) is 3.24. The van der Waals surface area contributed by atoms with Gasteiger partial charge >= 0.3 is 0 Å². The smallest absolute Gasteiger partial charge is 0.256 e. The van der Waals surface area contributed by atoms with E-state index < -0.39 is 0 Å². The largest absolute Gasteiger partial charge is 0.467 e. The Balaban J connectivity index is 1.87. The molecule has 3 heterocycles. The fraction of sp³-hybridized carbons (Fsp3) is 0.474. The van der Waals surface area contributed by atoms with Gasteiger partial charge in [-0.3, -0.25) is 9.59 Å². The molecule has 6 heteroatoms. The van der Waals surface area contributed by atoms with Crippen LogP contribution in [-0.4, -0.2) is 40.9 Å². The zero-order valence-corrected chi connectivity index (χ0v) is 15.0. The summed E-state index contributed by atoms with van der Waals surface area (Å²) >= 11 is 0. The molecule has 0 saturated carbocycles. The van der Waals surface area contributed by atoms with Crippen molar-refractivity contribution in [1.82, 2.24) is 14.8 Å². The van der Waals surface area contributed by atoms with Crippen molar-refractivity contribution in [2.24, 2.45) is 0 Å². The zero-order chi connectivity index (χ0) is 18.0. The van der Waals surface area contributed by atoms with E-state index in [9.17, 15) is 9.59 Å². The predicted octanol–water partition coefficient (Wildman–Crippen LogP) is 2.49. The van der Waals surface area contributed by atoms with E-state index in [1.165, 1.54) is 0 Å². The minimum Gasteiger partial charge on any atom is -0.467 e. The molecule has 0 aromatic carbocycles. The van der Waals surface area contributed by atoms with Crippen molar-refractivity contribution in [1.29, 1.82) is 0 Å². The monoisotopic (exact) mass is 343 g/mol. The van der Waals surface area contributed by atoms with Crippen LogP contribution in [0.2, 0.25) is 0 Å². The lowest BCUT2D eigenvalue weighted by atomic mass is 10.00. The first-order valence-electron chi connectivity index (χ1n) is 8.74. The molecular weight excluding hydrogens is 318 g/mol. The van der Waals surface area contributed by atoms with Crippen LogP contribution >= 0.6 is 0 Å². The molecule has 25 heavy (non-hydrogen) atoms. The minimum atomic E-state index is -0.376. The molecule has 1 atom stereocenters. The lowest BCUT2D eigenvalue weighted by Gasteiger charge is -2.34. The van der Waals surface area contributed by atoms with E-state index in [-0.39, 0.29) is 17.9 Å². The maximum absolute atomic E-state index is 13.1. The van der Waals surface area contributed by atoms with E-state index in [1.807, 2.05) is 32.0 Å². The number of hydrogen-bond acceptors (Lipinski definition) is 3. The summed E-state index contributed by atoms with van der Waals surface area (Å²) in [7, 11) is 1.62. The van der Waals surface area contributed by atoms with Crippen molar-refractivity contribution in [3.63, 3.8) is 0 Å². The molecule has 3 rings (SSSR count). The minimum absolute atomic E-state index is 0.0629. The summed E-state index contributed by atoms with van der Waals surface area (Å²) in [6.45, 7) is 5.15. The molecule has 6 nitrogen and oxygen atoms in total. The second kappa shape index (κ2) is 7.17. The number of nitrogens with zero attached hydrogens (tertiary/aromatic N) is 2. The average molecular weight is 343 g/mol. The number of carbonyl (C=O) groups excluding carboxylic acids is 2. The van der Waals surface area contributed by atoms with Crippen LogP contribution in [0.4, 0.5) is 0 Å². The predicted molar refractivity (Wildman–Crippen MR) is 94.5 cm³/mol. The number of amides is 2. The molecule has 1 unspecified atom stereocenters. The number of carbonyl (C=O) groups is 2. The van der Waals surface area contributed by atoms with Gasteiger partial charge in [0.15, 0.2) is 0 Å². The Morgan fingerprint density at radius 1 is 1.32 bits per heavy atom. The normalized spacial score (nSPS) is 17.6. The molecule has 0 radical (unpaired) electrons. The lowest BCUT2D eigenvalue weighted by Crippen LogP contribution is -2.51. The zero-order valence-electron chi connectivity index (χ0n) is 15.0. The highest BCUT2D eigenvalue weighted by Crippen LogP contribution is 2.24. The maximum atomic E-state index is 13.1. The van der Waals surface area contributed by atoms with Gasteiger partial charge in [0.25, 0.3) is 5.91 Å². The molecule has 1 aliphatic heterocycles. The Morgan fingerprint density at radius 2 is 2.12 bits per heavy atom. The highest BCUT2D eigenvalue weighted by Gasteiger charge is 2.33. The van der Waals surface area contributed by atoms with E-state index in [1.54, 1.807) is 18.2 Å². The fourth-order valence-electron chi connectivity index (χ4n) is 3.59. The molecule has 0 aliphatic carbocycles. The van der Waals surface area contributed by atoms with Crippen LogP contribution in [0.5, 0.6) is 0 Å². The summed E-state index contributed by atoms with van der Waals surface area (Å²) in [5.74, 6) is 0.701. The van der Waals surface area contributed by atoms with Crippen LogP contribution < -0.4 is 5.32 Å². The van der Waals surface area contributed by atoms with Crippen LogP contribution in [0.3, 0.4) is 0 Å². The number of furan rings is 1. The van der Waals surface area contributed by atoms with Crippen LogP contribution in [0, 0.1) is 13.8 Å². The molecular formula is C19H25N3O3. The van der Waals surface area contributed by atoms with Gasteiger partial charge in [-0.25, -0.2) is 0 Å². The molecule has 2 aromatic rings. The lowest BCUT2D eigenvalue weighted by molar-refractivity contribution is -0.126. The van der Waals surface area contributed by atoms with Gasteiger partial charge in [0.2, 0.25) is 5.91 Å². The van der Waals surface area contributed by atoms with E-state index in [0.717, 1.165) is 36.4 Å². The molecule has 0 spiro atoms. The number of aryl methyl sites for hydroxylation is 1. The van der Waals surface area contributed by atoms with Crippen LogP contribution in [0.1, 0.15) is 46.8 Å². The number of rotatable bonds is 4. The molecule has 2 amide bonds. The van der Waals surface area contributed by atoms with Crippen molar-refractivity contribution in [2.75, 3.05) is 13.6 Å². The summed E-state index contributed by atoms with van der Waals surface area (Å²) in [5.41, 5.74) is 2.57. The first-order chi connectivity index (χ1) is 12.0. The van der Waals surface area contributed by atoms with E-state index in [2.05, 4.69) is 9.88 Å². The molecule has 0 bridgehead atoms. The summed E-state index contributed by atoms with van der Waals surface area (Å²) < 4.78 is 7.50. The molecule has 1 fully saturated rings. The van der Waals surface area contributed by atoms with Crippen molar-refractivity contribution in [3.8, 4) is 0 Å². The first kappa shape index (κ1) is 17.3. The van der Waals surface area contributed by atoms with Gasteiger partial charge in [-0.1, -0.05) is 0 Å². The second-order valence-corrected chi connectivity index (χ2v) is 6.57. The maximum Gasteiger partial charge on any atom is 0.256 e. The third-order valence-corrected chi connectivity index (χ3v) is 5.01. The van der Waals surface area contributed by atoms with Gasteiger partial charge < -0.3 is 19.2 Å². The third kappa shape index (κ3) is 3.34. The number of nitrogens with one attached hydrogen (secondary N) is 1. The molecule has 2 aromatic heterocycles. The van der Waals surface area contributed by atoms with Gasteiger partial charge in [0.05, 0.1) is 18.4 Å². The van der Waals surface area contributed by atoms with E-state index >= 15 is 0 Å². The highest BCUT2D eigenvalue weighted by molar-refractivity contribution is 5.98. The first-order valence-corrected chi connectivity index (χ1v) is 8.74. The number of hydrogen-bond donors (Lipinski definition) is 1. The molecule has 1 saturated heterocycles. The van der Waals surface area contributed by atoms with E-state index in [4.69, 9.17) is 4.42 Å². The van der Waals surface area contributed by atoms with Crippen molar-refractivity contribution >= 4 is 11.8 Å². The Bertz CT molecular complexity index is 761. The second-order valence-electron chi connectivity index (χ2n) is 6.57. The van der Waals surface area contributed by atoms with Crippen LogP contribution in [0.15, 0.2) is 28.9 Å². The van der Waals surface area contributed by atoms with Crippen LogP contribution in [0.25, 0.3) is 0 Å². The fourth-order valence-corrected chi connectivity index (χ4v) is 3.59. The number of likely N-dealkylation sites (tertiary alicyclic amines) is 1.